The van der Waals surface area contributed by atoms with Crippen LogP contribution in [0.25, 0.3) is 10.9 Å². The van der Waals surface area contributed by atoms with Crippen molar-refractivity contribution in [1.82, 2.24) is 19.4 Å². The van der Waals surface area contributed by atoms with Crippen molar-refractivity contribution in [2.45, 2.75) is 38.9 Å². The van der Waals surface area contributed by atoms with E-state index in [0.29, 0.717) is 61.8 Å². The Labute approximate surface area is 230 Å². The summed E-state index contributed by atoms with van der Waals surface area (Å²) < 4.78 is 36.4. The van der Waals surface area contributed by atoms with Gasteiger partial charge in [0.15, 0.2) is 17.1 Å². The molecule has 0 radical (unpaired) electrons. The molecule has 1 aromatic carbocycles. The summed E-state index contributed by atoms with van der Waals surface area (Å²) in [6, 6.07) is 8.58. The second kappa shape index (κ2) is 10.6. The van der Waals surface area contributed by atoms with E-state index >= 15 is 0 Å². The van der Waals surface area contributed by atoms with Crippen molar-refractivity contribution in [3.8, 4) is 5.88 Å². The van der Waals surface area contributed by atoms with E-state index in [1.54, 1.807) is 25.6 Å². The van der Waals surface area contributed by atoms with Gasteiger partial charge < -0.3 is 24.8 Å². The van der Waals surface area contributed by atoms with Crippen LogP contribution in [0.4, 0.5) is 20.3 Å². The van der Waals surface area contributed by atoms with Crippen LogP contribution < -0.4 is 20.8 Å². The van der Waals surface area contributed by atoms with Crippen LogP contribution in [0.15, 0.2) is 65.5 Å². The molecule has 6 rings (SSSR count). The number of halogens is 2. The maximum Gasteiger partial charge on any atom is 0.213 e. The molecule has 0 atom stereocenters. The highest BCUT2D eigenvalue weighted by Gasteiger charge is 2.25. The summed E-state index contributed by atoms with van der Waals surface area (Å²) in [5.74, 6) is -0.866. The zero-order valence-corrected chi connectivity index (χ0v) is 22.2. The summed E-state index contributed by atoms with van der Waals surface area (Å²) in [7, 11) is 1.57. The first-order valence-electron chi connectivity index (χ1n) is 13.3. The SMILES string of the molecule is COc1cc(CN(Cc2cn3c4c(c(F)c(F)cc4c2=O)CCC3)C2=CCCN(c3ccc(N)nc3)C2)ccn1. The van der Waals surface area contributed by atoms with Crippen LogP contribution in [0, 0.1) is 11.6 Å². The summed E-state index contributed by atoms with van der Waals surface area (Å²) in [6.07, 6.45) is 9.37. The highest BCUT2D eigenvalue weighted by Crippen LogP contribution is 2.29. The summed E-state index contributed by atoms with van der Waals surface area (Å²) in [5.41, 5.74) is 9.81. The number of aromatic nitrogens is 3. The van der Waals surface area contributed by atoms with E-state index in [4.69, 9.17) is 10.5 Å². The van der Waals surface area contributed by atoms with Crippen molar-refractivity contribution < 1.29 is 13.5 Å². The van der Waals surface area contributed by atoms with Crippen molar-refractivity contribution in [2.24, 2.45) is 0 Å². The summed E-state index contributed by atoms with van der Waals surface area (Å²) in [4.78, 5) is 26.6. The third kappa shape index (κ3) is 4.85. The van der Waals surface area contributed by atoms with Gasteiger partial charge in [-0.05, 0) is 49.1 Å². The predicted molar refractivity (Wildman–Crippen MR) is 150 cm³/mol. The number of ether oxygens (including phenoxy) is 1. The molecule has 5 heterocycles. The van der Waals surface area contributed by atoms with Gasteiger partial charge in [-0.25, -0.2) is 18.7 Å². The minimum atomic E-state index is -0.978. The van der Waals surface area contributed by atoms with Gasteiger partial charge in [0, 0.05) is 66.8 Å². The fourth-order valence-corrected chi connectivity index (χ4v) is 5.70. The Kier molecular flexibility index (Phi) is 6.83. The van der Waals surface area contributed by atoms with E-state index in [0.717, 1.165) is 36.0 Å². The number of pyridine rings is 3. The number of methoxy groups -OCH3 is 1. The molecule has 0 fully saturated rings. The maximum atomic E-state index is 14.6. The van der Waals surface area contributed by atoms with Crippen molar-refractivity contribution in [3.05, 3.63) is 99.2 Å². The van der Waals surface area contributed by atoms with Crippen LogP contribution in [0.3, 0.4) is 0 Å². The molecule has 0 amide bonds. The Bertz CT molecular complexity index is 1670. The molecule has 3 aromatic heterocycles. The monoisotopic (exact) mass is 544 g/mol. The number of anilines is 2. The smallest absolute Gasteiger partial charge is 0.213 e. The number of hydrogen-bond donors (Lipinski definition) is 1. The summed E-state index contributed by atoms with van der Waals surface area (Å²) >= 11 is 0. The molecule has 0 saturated carbocycles. The molecule has 0 aliphatic carbocycles. The largest absolute Gasteiger partial charge is 0.481 e. The Balaban J connectivity index is 1.39. The Hall–Kier alpha value is -4.47. The van der Waals surface area contributed by atoms with Crippen LogP contribution in [0.2, 0.25) is 0 Å². The molecule has 4 aromatic rings. The lowest BCUT2D eigenvalue weighted by Gasteiger charge is -2.36. The fourth-order valence-electron chi connectivity index (χ4n) is 5.70. The normalized spacial score (nSPS) is 14.8. The molecule has 8 nitrogen and oxygen atoms in total. The van der Waals surface area contributed by atoms with Gasteiger partial charge in [0.1, 0.15) is 5.82 Å². The number of nitrogens with two attached hydrogens (primary N) is 1. The van der Waals surface area contributed by atoms with Crippen molar-refractivity contribution >= 4 is 22.4 Å². The molecular weight excluding hydrogens is 514 g/mol. The molecule has 0 bridgehead atoms. The summed E-state index contributed by atoms with van der Waals surface area (Å²) in [6.45, 7) is 2.87. The van der Waals surface area contributed by atoms with Crippen molar-refractivity contribution in [1.29, 1.82) is 0 Å². The third-order valence-corrected chi connectivity index (χ3v) is 7.66. The van der Waals surface area contributed by atoms with Gasteiger partial charge in [-0.15, -0.1) is 0 Å². The highest BCUT2D eigenvalue weighted by atomic mass is 19.2. The van der Waals surface area contributed by atoms with E-state index in [1.165, 1.54) is 0 Å². The van der Waals surface area contributed by atoms with E-state index < -0.39 is 11.6 Å². The van der Waals surface area contributed by atoms with Crippen LogP contribution >= 0.6 is 0 Å². The van der Waals surface area contributed by atoms with Gasteiger partial charge in [0.05, 0.1) is 31.1 Å². The molecule has 2 aliphatic rings. The number of benzene rings is 1. The van der Waals surface area contributed by atoms with Crippen LogP contribution in [0.1, 0.15) is 29.5 Å². The van der Waals surface area contributed by atoms with E-state index in [1.807, 2.05) is 29.0 Å². The molecule has 0 spiro atoms. The van der Waals surface area contributed by atoms with Gasteiger partial charge in [0.25, 0.3) is 0 Å². The average Bonchev–Trinajstić information content (AvgIpc) is 2.98. The zero-order chi connectivity index (χ0) is 27.8. The molecule has 0 unspecified atom stereocenters. The van der Waals surface area contributed by atoms with E-state index in [2.05, 4.69) is 25.8 Å². The third-order valence-electron chi connectivity index (χ3n) is 7.66. The Morgan fingerprint density at radius 3 is 2.80 bits per heavy atom. The lowest BCUT2D eigenvalue weighted by atomic mass is 9.98. The van der Waals surface area contributed by atoms with Gasteiger partial charge >= 0.3 is 0 Å². The Morgan fingerprint density at radius 2 is 2.00 bits per heavy atom. The number of aryl methyl sites for hydroxylation is 2. The highest BCUT2D eigenvalue weighted by molar-refractivity contribution is 5.83. The molecule has 2 N–H and O–H groups in total. The van der Waals surface area contributed by atoms with Crippen LogP contribution in [0.5, 0.6) is 5.88 Å². The predicted octanol–water partition coefficient (Wildman–Crippen LogP) is 4.40. The van der Waals surface area contributed by atoms with Gasteiger partial charge in [-0.2, -0.15) is 0 Å². The van der Waals surface area contributed by atoms with Crippen molar-refractivity contribution in [2.75, 3.05) is 30.8 Å². The average molecular weight is 545 g/mol. The fraction of sp³-hybridized carbons (Fsp3) is 0.300. The number of nitrogens with zero attached hydrogens (tertiary/aromatic N) is 5. The minimum absolute atomic E-state index is 0.226. The van der Waals surface area contributed by atoms with Crippen LogP contribution in [-0.2, 0) is 26.1 Å². The van der Waals surface area contributed by atoms with Gasteiger partial charge in [0.2, 0.25) is 5.88 Å². The summed E-state index contributed by atoms with van der Waals surface area (Å²) in [5, 5.41) is 0.226. The van der Waals surface area contributed by atoms with Gasteiger partial charge in [-0.3, -0.25) is 4.79 Å². The molecule has 206 valence electrons. The Morgan fingerprint density at radius 1 is 1.12 bits per heavy atom. The molecule has 2 aliphatic heterocycles. The first kappa shape index (κ1) is 25.8. The standard InChI is InChI=1S/C30H30F2N6O2/c1-40-27-12-19(8-9-34-27)15-38(22-4-2-10-36(18-22)21-6-7-26(33)35-14-21)17-20-16-37-11-3-5-23-28(32)25(31)13-24(29(23)37)30(20)39/h4,6-9,12-14,16H,2-3,5,10-11,15,17-18H2,1H3,(H2,33,35). The van der Waals surface area contributed by atoms with Crippen LogP contribution in [-0.4, -0.2) is 39.6 Å². The maximum absolute atomic E-state index is 14.6. The lowest BCUT2D eigenvalue weighted by molar-refractivity contribution is 0.314. The van der Waals surface area contributed by atoms with Gasteiger partial charge in [-0.1, -0.05) is 6.08 Å². The molecular formula is C30H30F2N6O2. The second-order valence-electron chi connectivity index (χ2n) is 10.2. The minimum Gasteiger partial charge on any atom is -0.481 e. The number of hydrogen-bond acceptors (Lipinski definition) is 7. The van der Waals surface area contributed by atoms with Crippen molar-refractivity contribution in [3.63, 3.8) is 0 Å². The topological polar surface area (TPSA) is 89.5 Å². The quantitative estimate of drug-likeness (QED) is 0.369. The molecule has 0 saturated heterocycles. The first-order chi connectivity index (χ1) is 19.4. The molecule has 10 heteroatoms. The second-order valence-corrected chi connectivity index (χ2v) is 10.2. The lowest BCUT2D eigenvalue weighted by Crippen LogP contribution is -2.37. The number of nitrogen functional groups attached to an aromatic ring is 1. The molecule has 40 heavy (non-hydrogen) atoms. The number of rotatable bonds is 7. The van der Waals surface area contributed by atoms with E-state index in [-0.39, 0.29) is 16.4 Å². The van der Waals surface area contributed by atoms with E-state index in [9.17, 15) is 13.6 Å². The first-order valence-corrected chi connectivity index (χ1v) is 13.3. The zero-order valence-electron chi connectivity index (χ0n) is 22.2.